The number of carbonyl (C=O) groups is 1. The van der Waals surface area contributed by atoms with Crippen LogP contribution in [-0.2, 0) is 21.4 Å². The van der Waals surface area contributed by atoms with Crippen LogP contribution in [-0.4, -0.2) is 50.3 Å². The fourth-order valence-corrected chi connectivity index (χ4v) is 6.79. The van der Waals surface area contributed by atoms with Crippen LogP contribution in [0, 0.1) is 5.92 Å². The van der Waals surface area contributed by atoms with Gasteiger partial charge < -0.3 is 9.64 Å². The highest BCUT2D eigenvalue weighted by molar-refractivity contribution is 7.89. The molecule has 182 valence electrons. The van der Waals surface area contributed by atoms with Crippen LogP contribution >= 0.6 is 0 Å². The van der Waals surface area contributed by atoms with Crippen LogP contribution in [0.15, 0.2) is 83.8 Å². The summed E-state index contributed by atoms with van der Waals surface area (Å²) >= 11 is 0. The number of nitrogens with zero attached hydrogens (tertiary/aromatic N) is 2. The Balaban J connectivity index is 1.36. The first-order valence-corrected chi connectivity index (χ1v) is 13.5. The van der Waals surface area contributed by atoms with Crippen LogP contribution in [0.1, 0.15) is 35.4 Å². The molecule has 0 aromatic heterocycles. The molecule has 1 amide bonds. The molecule has 1 saturated heterocycles. The molecule has 3 aromatic rings. The SMILES string of the molecule is COc1ccc(S(=O)(=O)N2CCC[C@@H](C(=O)N3Cc4ccccc4[C@@H](c4ccccc4)C3)C2)cc1. The van der Waals surface area contributed by atoms with E-state index in [0.29, 0.717) is 38.2 Å². The Bertz CT molecular complexity index is 1290. The van der Waals surface area contributed by atoms with Crippen LogP contribution in [0.4, 0.5) is 0 Å². The minimum Gasteiger partial charge on any atom is -0.497 e. The van der Waals surface area contributed by atoms with Crippen LogP contribution < -0.4 is 4.74 Å². The van der Waals surface area contributed by atoms with Gasteiger partial charge in [-0.25, -0.2) is 8.42 Å². The van der Waals surface area contributed by atoms with E-state index in [1.54, 1.807) is 31.4 Å². The van der Waals surface area contributed by atoms with Crippen LogP contribution in [0.25, 0.3) is 0 Å². The number of hydrogen-bond acceptors (Lipinski definition) is 4. The van der Waals surface area contributed by atoms with E-state index in [1.807, 2.05) is 29.2 Å². The molecule has 35 heavy (non-hydrogen) atoms. The minimum absolute atomic E-state index is 0.0371. The number of benzene rings is 3. The molecule has 0 bridgehead atoms. The van der Waals surface area contributed by atoms with E-state index in [0.717, 1.165) is 5.56 Å². The zero-order valence-corrected chi connectivity index (χ0v) is 20.7. The summed E-state index contributed by atoms with van der Waals surface area (Å²) < 4.78 is 33.2. The molecule has 0 spiro atoms. The van der Waals surface area contributed by atoms with Gasteiger partial charge in [0, 0.05) is 32.1 Å². The second kappa shape index (κ2) is 9.84. The fourth-order valence-electron chi connectivity index (χ4n) is 5.26. The molecule has 0 radical (unpaired) electrons. The minimum atomic E-state index is -3.68. The standard InChI is InChI=1S/C28H30N2O4S/c1-34-24-13-15-25(16-14-24)35(32,33)30-17-7-11-23(19-30)28(31)29-18-22-10-5-6-12-26(22)27(20-29)21-8-3-2-4-9-21/h2-6,8-10,12-16,23,27H,7,11,17-20H2,1H3/t23-,27-/m1/s1. The maximum Gasteiger partial charge on any atom is 0.243 e. The van der Waals surface area contributed by atoms with E-state index in [2.05, 4.69) is 30.3 Å². The van der Waals surface area contributed by atoms with Gasteiger partial charge in [0.2, 0.25) is 15.9 Å². The molecule has 0 N–H and O–H groups in total. The lowest BCUT2D eigenvalue weighted by Crippen LogP contribution is -2.48. The zero-order chi connectivity index (χ0) is 24.4. The summed E-state index contributed by atoms with van der Waals surface area (Å²) in [5, 5.41) is 0. The van der Waals surface area contributed by atoms with Crippen molar-refractivity contribution >= 4 is 15.9 Å². The number of hydrogen-bond donors (Lipinski definition) is 0. The van der Waals surface area contributed by atoms with Gasteiger partial charge >= 0.3 is 0 Å². The third-order valence-corrected chi connectivity index (χ3v) is 9.02. The number of ether oxygens (including phenoxy) is 1. The lowest BCUT2D eigenvalue weighted by atomic mass is 9.84. The molecule has 7 heteroatoms. The summed E-state index contributed by atoms with van der Waals surface area (Å²) in [6.07, 6.45) is 1.36. The third kappa shape index (κ3) is 4.70. The average molecular weight is 491 g/mol. The average Bonchev–Trinajstić information content (AvgIpc) is 2.92. The summed E-state index contributed by atoms with van der Waals surface area (Å²) in [5.41, 5.74) is 3.60. The van der Waals surface area contributed by atoms with Gasteiger partial charge in [0.25, 0.3) is 0 Å². The van der Waals surface area contributed by atoms with Gasteiger partial charge in [-0.1, -0.05) is 54.6 Å². The number of methoxy groups -OCH3 is 1. The van der Waals surface area contributed by atoms with Crippen LogP contribution in [0.3, 0.4) is 0 Å². The molecular weight excluding hydrogens is 460 g/mol. The smallest absolute Gasteiger partial charge is 0.243 e. The summed E-state index contributed by atoms with van der Waals surface area (Å²) in [6, 6.07) is 25.0. The molecule has 2 heterocycles. The second-order valence-corrected chi connectivity index (χ2v) is 11.2. The van der Waals surface area contributed by atoms with Crippen molar-refractivity contribution in [1.29, 1.82) is 0 Å². The van der Waals surface area contributed by atoms with Gasteiger partial charge in [-0.2, -0.15) is 4.31 Å². The van der Waals surface area contributed by atoms with Crippen LogP contribution in [0.2, 0.25) is 0 Å². The van der Waals surface area contributed by atoms with E-state index >= 15 is 0 Å². The zero-order valence-electron chi connectivity index (χ0n) is 19.8. The first-order chi connectivity index (χ1) is 17.0. The Morgan fingerprint density at radius 2 is 1.63 bits per heavy atom. The van der Waals surface area contributed by atoms with Gasteiger partial charge in [0.1, 0.15) is 5.75 Å². The van der Waals surface area contributed by atoms with Crippen molar-refractivity contribution in [2.24, 2.45) is 5.92 Å². The van der Waals surface area contributed by atoms with E-state index in [1.165, 1.54) is 15.4 Å². The highest BCUT2D eigenvalue weighted by Crippen LogP contribution is 2.35. The molecule has 0 saturated carbocycles. The van der Waals surface area contributed by atoms with Crippen LogP contribution in [0.5, 0.6) is 5.75 Å². The van der Waals surface area contributed by atoms with Crippen molar-refractivity contribution in [2.45, 2.75) is 30.2 Å². The predicted octanol–water partition coefficient (Wildman–Crippen LogP) is 4.27. The van der Waals surface area contributed by atoms with Crippen molar-refractivity contribution in [2.75, 3.05) is 26.7 Å². The first-order valence-electron chi connectivity index (χ1n) is 12.0. The topological polar surface area (TPSA) is 66.9 Å². The molecule has 0 aliphatic carbocycles. The third-order valence-electron chi connectivity index (χ3n) is 7.14. The molecule has 0 unspecified atom stereocenters. The number of carbonyl (C=O) groups excluding carboxylic acids is 1. The van der Waals surface area contributed by atoms with E-state index in [-0.39, 0.29) is 29.2 Å². The van der Waals surface area contributed by atoms with E-state index in [9.17, 15) is 13.2 Å². The Kier molecular flexibility index (Phi) is 6.62. The maximum absolute atomic E-state index is 13.7. The normalized spacial score (nSPS) is 20.8. The molecule has 2 atom stereocenters. The first kappa shape index (κ1) is 23.6. The summed E-state index contributed by atoms with van der Waals surface area (Å²) in [4.78, 5) is 15.9. The summed E-state index contributed by atoms with van der Waals surface area (Å²) in [6.45, 7) is 1.79. The summed E-state index contributed by atoms with van der Waals surface area (Å²) in [5.74, 6) is 0.398. The molecule has 3 aromatic carbocycles. The van der Waals surface area contributed by atoms with Crippen molar-refractivity contribution < 1.29 is 17.9 Å². The Hall–Kier alpha value is -3.16. The van der Waals surface area contributed by atoms with Crippen molar-refractivity contribution in [1.82, 2.24) is 9.21 Å². The lowest BCUT2D eigenvalue weighted by molar-refractivity contribution is -0.137. The number of amides is 1. The van der Waals surface area contributed by atoms with E-state index < -0.39 is 10.0 Å². The highest BCUT2D eigenvalue weighted by Gasteiger charge is 2.37. The Morgan fingerprint density at radius 1 is 0.914 bits per heavy atom. The molecule has 2 aliphatic heterocycles. The number of rotatable bonds is 5. The summed E-state index contributed by atoms with van der Waals surface area (Å²) in [7, 11) is -2.13. The Labute approximate surface area is 207 Å². The van der Waals surface area contributed by atoms with Gasteiger partial charge in [0.15, 0.2) is 0 Å². The largest absolute Gasteiger partial charge is 0.497 e. The highest BCUT2D eigenvalue weighted by atomic mass is 32.2. The molecule has 5 rings (SSSR count). The van der Waals surface area contributed by atoms with Crippen molar-refractivity contribution in [3.8, 4) is 5.75 Å². The Morgan fingerprint density at radius 3 is 2.37 bits per heavy atom. The number of fused-ring (bicyclic) bond motifs is 1. The molecule has 6 nitrogen and oxygen atoms in total. The van der Waals surface area contributed by atoms with Gasteiger partial charge in [0.05, 0.1) is 17.9 Å². The van der Waals surface area contributed by atoms with Gasteiger partial charge in [-0.05, 0) is 53.8 Å². The molecule has 2 aliphatic rings. The monoisotopic (exact) mass is 490 g/mol. The van der Waals surface area contributed by atoms with Crippen molar-refractivity contribution in [3.05, 3.63) is 95.6 Å². The molecular formula is C28H30N2O4S. The quantitative estimate of drug-likeness (QED) is 0.536. The number of piperidine rings is 1. The van der Waals surface area contributed by atoms with Gasteiger partial charge in [-0.15, -0.1) is 0 Å². The van der Waals surface area contributed by atoms with Crippen molar-refractivity contribution in [3.63, 3.8) is 0 Å². The lowest BCUT2D eigenvalue weighted by Gasteiger charge is -2.39. The number of sulfonamides is 1. The predicted molar refractivity (Wildman–Crippen MR) is 135 cm³/mol. The van der Waals surface area contributed by atoms with E-state index in [4.69, 9.17) is 4.74 Å². The maximum atomic E-state index is 13.7. The van der Waals surface area contributed by atoms with Gasteiger partial charge in [-0.3, -0.25) is 4.79 Å². The fraction of sp³-hybridized carbons (Fsp3) is 0.321. The molecule has 1 fully saturated rings. The second-order valence-electron chi connectivity index (χ2n) is 9.26.